The number of benzene rings is 2. The van der Waals surface area contributed by atoms with Crippen LogP contribution < -0.4 is 10.1 Å². The van der Waals surface area contributed by atoms with Gasteiger partial charge in [0.2, 0.25) is 0 Å². The van der Waals surface area contributed by atoms with Gasteiger partial charge in [0.15, 0.2) is 6.61 Å². The van der Waals surface area contributed by atoms with Gasteiger partial charge in [-0.25, -0.2) is 0 Å². The summed E-state index contributed by atoms with van der Waals surface area (Å²) in [4.78, 5) is 26.6. The maximum absolute atomic E-state index is 12.4. The molecule has 1 atom stereocenters. The topological polar surface area (TPSA) is 58.6 Å². The van der Waals surface area contributed by atoms with Crippen LogP contribution in [0.3, 0.4) is 0 Å². The lowest BCUT2D eigenvalue weighted by Gasteiger charge is -2.20. The molecule has 1 aliphatic rings. The number of carbonyl (C=O) groups is 2. The van der Waals surface area contributed by atoms with E-state index in [-0.39, 0.29) is 24.5 Å². The molecule has 26 heavy (non-hydrogen) atoms. The second kappa shape index (κ2) is 8.04. The highest BCUT2D eigenvalue weighted by Gasteiger charge is 2.23. The lowest BCUT2D eigenvalue weighted by Crippen LogP contribution is -2.32. The van der Waals surface area contributed by atoms with Crippen LogP contribution in [0, 0.1) is 0 Å². The number of nitrogens with one attached hydrogen (secondary N) is 1. The van der Waals surface area contributed by atoms with Gasteiger partial charge in [0.25, 0.3) is 11.8 Å². The number of nitrogens with zero attached hydrogens (tertiary/aromatic N) is 1. The van der Waals surface area contributed by atoms with E-state index in [0.29, 0.717) is 24.4 Å². The van der Waals surface area contributed by atoms with Crippen molar-refractivity contribution in [3.05, 3.63) is 65.2 Å². The number of amides is 2. The Balaban J connectivity index is 1.80. The largest absolute Gasteiger partial charge is 0.483 e. The lowest BCUT2D eigenvalue weighted by atomic mass is 10.1. The van der Waals surface area contributed by atoms with Gasteiger partial charge < -0.3 is 15.0 Å². The predicted molar refractivity (Wildman–Crippen MR) is 99.9 cm³/mol. The van der Waals surface area contributed by atoms with Crippen LogP contribution in [0.25, 0.3) is 0 Å². The first-order valence-electron chi connectivity index (χ1n) is 8.95. The molecule has 136 valence electrons. The Bertz CT molecular complexity index is 789. The van der Waals surface area contributed by atoms with E-state index in [1.54, 1.807) is 17.0 Å². The van der Waals surface area contributed by atoms with Crippen molar-refractivity contribution in [1.29, 1.82) is 0 Å². The minimum atomic E-state index is -0.104. The van der Waals surface area contributed by atoms with Crippen molar-refractivity contribution in [3.8, 4) is 5.75 Å². The standard InChI is InChI=1S/C21H24N2O3/c1-3-15(2)22-21(25)17-9-10-19-18(11-17)13-23(20(24)14-26-19)12-16-7-5-4-6-8-16/h4-11,15H,3,12-14H2,1-2H3,(H,22,25). The Morgan fingerprint density at radius 2 is 2.00 bits per heavy atom. The molecular weight excluding hydrogens is 328 g/mol. The Hall–Kier alpha value is -2.82. The molecule has 0 radical (unpaired) electrons. The third-order valence-corrected chi connectivity index (χ3v) is 4.59. The second-order valence-corrected chi connectivity index (χ2v) is 6.63. The van der Waals surface area contributed by atoms with Crippen molar-refractivity contribution in [2.75, 3.05) is 6.61 Å². The van der Waals surface area contributed by atoms with Crippen LogP contribution in [0.5, 0.6) is 5.75 Å². The Kier molecular flexibility index (Phi) is 5.56. The first kappa shape index (κ1) is 18.0. The fraction of sp³-hybridized carbons (Fsp3) is 0.333. The molecule has 5 heteroatoms. The van der Waals surface area contributed by atoms with E-state index in [4.69, 9.17) is 4.74 Å². The zero-order valence-corrected chi connectivity index (χ0v) is 15.2. The summed E-state index contributed by atoms with van der Waals surface area (Å²) in [7, 11) is 0. The van der Waals surface area contributed by atoms with Crippen molar-refractivity contribution in [2.45, 2.75) is 39.4 Å². The molecule has 1 N–H and O–H groups in total. The van der Waals surface area contributed by atoms with E-state index in [1.165, 1.54) is 0 Å². The summed E-state index contributed by atoms with van der Waals surface area (Å²) in [5.74, 6) is 0.497. The fourth-order valence-electron chi connectivity index (χ4n) is 2.87. The summed E-state index contributed by atoms with van der Waals surface area (Å²) < 4.78 is 5.64. The van der Waals surface area contributed by atoms with Crippen LogP contribution in [-0.2, 0) is 17.9 Å². The van der Waals surface area contributed by atoms with E-state index in [9.17, 15) is 9.59 Å². The third kappa shape index (κ3) is 4.23. The molecule has 1 unspecified atom stereocenters. The predicted octanol–water partition coefficient (Wildman–Crippen LogP) is 3.14. The van der Waals surface area contributed by atoms with E-state index in [2.05, 4.69) is 5.32 Å². The average Bonchev–Trinajstić information content (AvgIpc) is 2.81. The summed E-state index contributed by atoms with van der Waals surface area (Å²) in [6.45, 7) is 4.96. The first-order chi connectivity index (χ1) is 12.6. The number of rotatable bonds is 5. The van der Waals surface area contributed by atoms with E-state index in [1.807, 2.05) is 50.2 Å². The second-order valence-electron chi connectivity index (χ2n) is 6.63. The average molecular weight is 352 g/mol. The van der Waals surface area contributed by atoms with Crippen molar-refractivity contribution in [1.82, 2.24) is 10.2 Å². The van der Waals surface area contributed by atoms with Gasteiger partial charge in [-0.15, -0.1) is 0 Å². The molecule has 3 rings (SSSR count). The normalized spacial score (nSPS) is 14.8. The van der Waals surface area contributed by atoms with Crippen LogP contribution in [0.1, 0.15) is 41.8 Å². The summed E-state index contributed by atoms with van der Waals surface area (Å²) in [5, 5.41) is 2.97. The highest BCUT2D eigenvalue weighted by molar-refractivity contribution is 5.94. The van der Waals surface area contributed by atoms with E-state index in [0.717, 1.165) is 17.5 Å². The van der Waals surface area contributed by atoms with Gasteiger partial charge >= 0.3 is 0 Å². The van der Waals surface area contributed by atoms with Crippen molar-refractivity contribution < 1.29 is 14.3 Å². The van der Waals surface area contributed by atoms with E-state index >= 15 is 0 Å². The molecule has 1 heterocycles. The maximum Gasteiger partial charge on any atom is 0.261 e. The van der Waals surface area contributed by atoms with Crippen molar-refractivity contribution >= 4 is 11.8 Å². The summed E-state index contributed by atoms with van der Waals surface area (Å²) in [6, 6.07) is 15.3. The van der Waals surface area contributed by atoms with E-state index < -0.39 is 0 Å². The molecule has 0 spiro atoms. The number of hydrogen-bond acceptors (Lipinski definition) is 3. The molecule has 2 aromatic carbocycles. The molecule has 0 saturated heterocycles. The molecule has 0 saturated carbocycles. The van der Waals surface area contributed by atoms with Crippen LogP contribution in [-0.4, -0.2) is 29.4 Å². The third-order valence-electron chi connectivity index (χ3n) is 4.59. The molecule has 2 amide bonds. The molecule has 0 aromatic heterocycles. The zero-order chi connectivity index (χ0) is 18.5. The summed E-state index contributed by atoms with van der Waals surface area (Å²) in [6.07, 6.45) is 0.874. The number of ether oxygens (including phenoxy) is 1. The molecule has 0 bridgehead atoms. The van der Waals surface area contributed by atoms with Crippen LogP contribution >= 0.6 is 0 Å². The van der Waals surface area contributed by atoms with Crippen LogP contribution in [0.15, 0.2) is 48.5 Å². The van der Waals surface area contributed by atoms with Crippen molar-refractivity contribution in [2.24, 2.45) is 0 Å². The minimum Gasteiger partial charge on any atom is -0.483 e. The fourth-order valence-corrected chi connectivity index (χ4v) is 2.87. The Morgan fingerprint density at radius 1 is 1.23 bits per heavy atom. The molecule has 0 fully saturated rings. The quantitative estimate of drug-likeness (QED) is 0.899. The van der Waals surface area contributed by atoms with Gasteiger partial charge in [-0.05, 0) is 37.1 Å². The first-order valence-corrected chi connectivity index (χ1v) is 8.95. The Morgan fingerprint density at radius 3 is 2.73 bits per heavy atom. The SMILES string of the molecule is CCC(C)NC(=O)c1ccc2c(c1)CN(Cc1ccccc1)C(=O)CO2. The molecular formula is C21H24N2O3. The molecule has 1 aliphatic heterocycles. The lowest BCUT2D eigenvalue weighted by molar-refractivity contribution is -0.133. The summed E-state index contributed by atoms with van der Waals surface area (Å²) in [5.41, 5.74) is 2.50. The number of hydrogen-bond donors (Lipinski definition) is 1. The summed E-state index contributed by atoms with van der Waals surface area (Å²) >= 11 is 0. The van der Waals surface area contributed by atoms with Gasteiger partial charge in [-0.1, -0.05) is 37.3 Å². The minimum absolute atomic E-state index is 0.0121. The highest BCUT2D eigenvalue weighted by atomic mass is 16.5. The van der Waals surface area contributed by atoms with Gasteiger partial charge in [-0.2, -0.15) is 0 Å². The van der Waals surface area contributed by atoms with Gasteiger partial charge in [0.05, 0.1) is 0 Å². The maximum atomic E-state index is 12.4. The van der Waals surface area contributed by atoms with Gasteiger partial charge in [0, 0.05) is 30.3 Å². The van der Waals surface area contributed by atoms with Gasteiger partial charge in [-0.3, -0.25) is 9.59 Å². The van der Waals surface area contributed by atoms with Crippen LogP contribution in [0.4, 0.5) is 0 Å². The highest BCUT2D eigenvalue weighted by Crippen LogP contribution is 2.25. The van der Waals surface area contributed by atoms with Crippen LogP contribution in [0.2, 0.25) is 0 Å². The number of carbonyl (C=O) groups excluding carboxylic acids is 2. The molecule has 0 aliphatic carbocycles. The molecule has 2 aromatic rings. The van der Waals surface area contributed by atoms with Gasteiger partial charge in [0.1, 0.15) is 5.75 Å². The number of fused-ring (bicyclic) bond motifs is 1. The zero-order valence-electron chi connectivity index (χ0n) is 15.2. The van der Waals surface area contributed by atoms with Crippen molar-refractivity contribution in [3.63, 3.8) is 0 Å². The monoisotopic (exact) mass is 352 g/mol. The smallest absolute Gasteiger partial charge is 0.261 e. The molecule has 5 nitrogen and oxygen atoms in total. The Labute approximate surface area is 154 Å².